The van der Waals surface area contributed by atoms with Crippen LogP contribution >= 0.6 is 0 Å². The molecule has 1 aromatic carbocycles. The van der Waals surface area contributed by atoms with E-state index in [1.165, 1.54) is 6.07 Å². The average Bonchev–Trinajstić information content (AvgIpc) is 2.27. The van der Waals surface area contributed by atoms with Gasteiger partial charge in [-0.3, -0.25) is 4.90 Å². The lowest BCUT2D eigenvalue weighted by atomic mass is 9.97. The molecule has 5 heteroatoms. The van der Waals surface area contributed by atoms with Crippen molar-refractivity contribution in [1.29, 1.82) is 0 Å². The van der Waals surface area contributed by atoms with Gasteiger partial charge < -0.3 is 10.5 Å². The maximum atomic E-state index is 13.8. The van der Waals surface area contributed by atoms with E-state index in [1.807, 2.05) is 27.7 Å². The first kappa shape index (κ1) is 16.3. The SMILES string of the molecule is CC1(C)CN(CC(N)c2cc(F)ccc2F)CC(C)(C)O1. The highest BCUT2D eigenvalue weighted by molar-refractivity contribution is 5.22. The smallest absolute Gasteiger partial charge is 0.128 e. The zero-order chi connectivity index (χ0) is 15.8. The molecule has 0 aliphatic carbocycles. The van der Waals surface area contributed by atoms with Crippen LogP contribution in [0.15, 0.2) is 18.2 Å². The second-order valence-electron chi connectivity index (χ2n) is 7.06. The van der Waals surface area contributed by atoms with E-state index >= 15 is 0 Å². The minimum atomic E-state index is -0.564. The first-order valence-electron chi connectivity index (χ1n) is 7.21. The Morgan fingerprint density at radius 1 is 1.19 bits per heavy atom. The van der Waals surface area contributed by atoms with E-state index in [4.69, 9.17) is 10.5 Å². The Morgan fingerprint density at radius 3 is 2.33 bits per heavy atom. The van der Waals surface area contributed by atoms with Gasteiger partial charge in [-0.1, -0.05) is 0 Å². The van der Waals surface area contributed by atoms with Crippen molar-refractivity contribution >= 4 is 0 Å². The van der Waals surface area contributed by atoms with Crippen molar-refractivity contribution < 1.29 is 13.5 Å². The van der Waals surface area contributed by atoms with Gasteiger partial charge in [-0.05, 0) is 45.9 Å². The highest BCUT2D eigenvalue weighted by Gasteiger charge is 2.38. The molecular formula is C16H24F2N2O. The lowest BCUT2D eigenvalue weighted by molar-refractivity contribution is -0.181. The largest absolute Gasteiger partial charge is 0.367 e. The summed E-state index contributed by atoms with van der Waals surface area (Å²) in [6.45, 7) is 9.98. The normalized spacial score (nSPS) is 23.0. The van der Waals surface area contributed by atoms with Crippen LogP contribution in [0.4, 0.5) is 8.78 Å². The topological polar surface area (TPSA) is 38.5 Å². The van der Waals surface area contributed by atoms with Crippen LogP contribution in [0, 0.1) is 11.6 Å². The van der Waals surface area contributed by atoms with Gasteiger partial charge in [0, 0.05) is 31.2 Å². The standard InChI is InChI=1S/C16H24F2N2O/c1-15(2)9-20(10-16(3,4)21-15)8-14(19)12-7-11(17)5-6-13(12)18/h5-7,14H,8-10,19H2,1-4H3. The molecule has 2 rings (SSSR count). The summed E-state index contributed by atoms with van der Waals surface area (Å²) in [6.07, 6.45) is 0. The third kappa shape index (κ3) is 4.22. The first-order valence-corrected chi connectivity index (χ1v) is 7.21. The number of hydrogen-bond donors (Lipinski definition) is 1. The van der Waals surface area contributed by atoms with E-state index < -0.39 is 17.7 Å². The van der Waals surface area contributed by atoms with Crippen molar-refractivity contribution in [2.75, 3.05) is 19.6 Å². The van der Waals surface area contributed by atoms with Gasteiger partial charge in [0.15, 0.2) is 0 Å². The Balaban J connectivity index is 2.12. The van der Waals surface area contributed by atoms with Crippen LogP contribution in [0.25, 0.3) is 0 Å². The molecule has 0 saturated carbocycles. The van der Waals surface area contributed by atoms with Crippen molar-refractivity contribution in [1.82, 2.24) is 4.90 Å². The highest BCUT2D eigenvalue weighted by Crippen LogP contribution is 2.29. The lowest BCUT2D eigenvalue weighted by Gasteiger charge is -2.47. The van der Waals surface area contributed by atoms with Gasteiger partial charge in [0.2, 0.25) is 0 Å². The number of morpholine rings is 1. The van der Waals surface area contributed by atoms with E-state index in [9.17, 15) is 8.78 Å². The maximum absolute atomic E-state index is 13.8. The number of ether oxygens (including phenoxy) is 1. The number of halogens is 2. The Labute approximate surface area is 125 Å². The van der Waals surface area contributed by atoms with Gasteiger partial charge in [0.05, 0.1) is 11.2 Å². The summed E-state index contributed by atoms with van der Waals surface area (Å²) < 4.78 is 33.1. The monoisotopic (exact) mass is 298 g/mol. The van der Waals surface area contributed by atoms with Crippen molar-refractivity contribution in [3.63, 3.8) is 0 Å². The fourth-order valence-electron chi connectivity index (χ4n) is 3.25. The highest BCUT2D eigenvalue weighted by atomic mass is 19.1. The molecule has 1 aliphatic heterocycles. The van der Waals surface area contributed by atoms with Crippen molar-refractivity contribution in [3.05, 3.63) is 35.4 Å². The zero-order valence-corrected chi connectivity index (χ0v) is 13.1. The average molecular weight is 298 g/mol. The van der Waals surface area contributed by atoms with Gasteiger partial charge in [-0.2, -0.15) is 0 Å². The Hall–Kier alpha value is -1.04. The van der Waals surface area contributed by atoms with Crippen LogP contribution in [0.2, 0.25) is 0 Å². The number of benzene rings is 1. The van der Waals surface area contributed by atoms with Gasteiger partial charge in [0.1, 0.15) is 11.6 Å². The maximum Gasteiger partial charge on any atom is 0.128 e. The molecule has 2 N–H and O–H groups in total. The molecule has 1 unspecified atom stereocenters. The first-order chi connectivity index (χ1) is 9.58. The molecule has 0 amide bonds. The Morgan fingerprint density at radius 2 is 1.76 bits per heavy atom. The summed E-state index contributed by atoms with van der Waals surface area (Å²) in [5, 5.41) is 0. The molecule has 1 fully saturated rings. The molecule has 1 saturated heterocycles. The van der Waals surface area contributed by atoms with Crippen LogP contribution in [-0.2, 0) is 4.74 Å². The fourth-order valence-corrected chi connectivity index (χ4v) is 3.25. The fraction of sp³-hybridized carbons (Fsp3) is 0.625. The molecule has 1 atom stereocenters. The summed E-state index contributed by atoms with van der Waals surface area (Å²) >= 11 is 0. The molecule has 1 aliphatic rings. The second kappa shape index (κ2) is 5.63. The van der Waals surface area contributed by atoms with Gasteiger partial charge >= 0.3 is 0 Å². The molecule has 21 heavy (non-hydrogen) atoms. The Kier molecular flexibility index (Phi) is 4.38. The summed E-state index contributed by atoms with van der Waals surface area (Å²) in [6, 6.07) is 2.84. The lowest BCUT2D eigenvalue weighted by Crippen LogP contribution is -2.58. The molecule has 0 aromatic heterocycles. The molecule has 0 bridgehead atoms. The summed E-state index contributed by atoms with van der Waals surface area (Å²) in [4.78, 5) is 2.15. The minimum Gasteiger partial charge on any atom is -0.367 e. The third-order valence-corrected chi connectivity index (χ3v) is 3.57. The van der Waals surface area contributed by atoms with E-state index in [0.29, 0.717) is 19.6 Å². The van der Waals surface area contributed by atoms with E-state index in [2.05, 4.69) is 4.90 Å². The second-order valence-corrected chi connectivity index (χ2v) is 7.06. The van der Waals surface area contributed by atoms with Crippen LogP contribution in [0.5, 0.6) is 0 Å². The predicted molar refractivity (Wildman–Crippen MR) is 79.0 cm³/mol. The van der Waals surface area contributed by atoms with Gasteiger partial charge in [0.25, 0.3) is 0 Å². The molecule has 0 spiro atoms. The molecule has 1 aromatic rings. The number of nitrogens with two attached hydrogens (primary N) is 1. The number of hydrogen-bond acceptors (Lipinski definition) is 3. The van der Waals surface area contributed by atoms with Crippen molar-refractivity contribution in [2.45, 2.75) is 44.9 Å². The van der Waals surface area contributed by atoms with Crippen molar-refractivity contribution in [2.24, 2.45) is 5.73 Å². The zero-order valence-electron chi connectivity index (χ0n) is 13.1. The van der Waals surface area contributed by atoms with Crippen molar-refractivity contribution in [3.8, 4) is 0 Å². The van der Waals surface area contributed by atoms with E-state index in [1.54, 1.807) is 0 Å². The number of rotatable bonds is 3. The number of nitrogens with zero attached hydrogens (tertiary/aromatic N) is 1. The van der Waals surface area contributed by atoms with E-state index in [-0.39, 0.29) is 16.8 Å². The van der Waals surface area contributed by atoms with Crippen LogP contribution in [0.3, 0.4) is 0 Å². The van der Waals surface area contributed by atoms with E-state index in [0.717, 1.165) is 12.1 Å². The summed E-state index contributed by atoms with van der Waals surface area (Å²) in [5.74, 6) is -0.930. The van der Waals surface area contributed by atoms with Crippen LogP contribution < -0.4 is 5.73 Å². The quantitative estimate of drug-likeness (QED) is 0.932. The summed E-state index contributed by atoms with van der Waals surface area (Å²) in [7, 11) is 0. The minimum absolute atomic E-state index is 0.220. The molecule has 1 heterocycles. The molecule has 118 valence electrons. The van der Waals surface area contributed by atoms with Gasteiger partial charge in [-0.15, -0.1) is 0 Å². The molecule has 3 nitrogen and oxygen atoms in total. The summed E-state index contributed by atoms with van der Waals surface area (Å²) in [5.41, 5.74) is 5.72. The van der Waals surface area contributed by atoms with Crippen LogP contribution in [-0.4, -0.2) is 35.7 Å². The Bertz CT molecular complexity index is 501. The molecular weight excluding hydrogens is 274 g/mol. The third-order valence-electron chi connectivity index (χ3n) is 3.57. The molecule has 0 radical (unpaired) electrons. The van der Waals surface area contributed by atoms with Gasteiger partial charge in [-0.25, -0.2) is 8.78 Å². The van der Waals surface area contributed by atoms with Crippen LogP contribution in [0.1, 0.15) is 39.3 Å². The predicted octanol–water partition coefficient (Wildman–Crippen LogP) is 2.85.